The van der Waals surface area contributed by atoms with Crippen LogP contribution in [0.5, 0.6) is 0 Å². The summed E-state index contributed by atoms with van der Waals surface area (Å²) < 4.78 is 5.92. The van der Waals surface area contributed by atoms with Crippen LogP contribution in [0.3, 0.4) is 0 Å². The Balaban J connectivity index is 1.73. The number of rotatable bonds is 3. The van der Waals surface area contributed by atoms with Crippen molar-refractivity contribution in [1.29, 1.82) is 0 Å². The number of benzene rings is 3. The van der Waals surface area contributed by atoms with Crippen molar-refractivity contribution in [1.82, 2.24) is 4.90 Å². The fourth-order valence-corrected chi connectivity index (χ4v) is 4.03. The summed E-state index contributed by atoms with van der Waals surface area (Å²) in [5, 5.41) is 1.07. The van der Waals surface area contributed by atoms with E-state index in [0.29, 0.717) is 28.1 Å². The van der Waals surface area contributed by atoms with Crippen molar-refractivity contribution >= 4 is 28.5 Å². The number of hydrogen-bond acceptors (Lipinski definition) is 3. The average Bonchev–Trinajstić information content (AvgIpc) is 3.02. The van der Waals surface area contributed by atoms with E-state index in [1.54, 1.807) is 41.3 Å². The lowest BCUT2D eigenvalue weighted by atomic mass is 9.98. The number of para-hydroxylation sites is 1. The Kier molecular flexibility index (Phi) is 4.22. The first-order chi connectivity index (χ1) is 14.1. The maximum atomic E-state index is 13.3. The number of hydrogen-bond donors (Lipinski definition) is 0. The van der Waals surface area contributed by atoms with Crippen LogP contribution in [-0.4, -0.2) is 10.8 Å². The van der Waals surface area contributed by atoms with Gasteiger partial charge in [-0.05, 0) is 35.4 Å². The molecule has 0 fully saturated rings. The van der Waals surface area contributed by atoms with Crippen LogP contribution in [-0.2, 0) is 6.54 Å². The molecule has 1 atom stereocenters. The second kappa shape index (κ2) is 6.90. The van der Waals surface area contributed by atoms with Gasteiger partial charge in [0.1, 0.15) is 5.58 Å². The first kappa shape index (κ1) is 17.7. The molecule has 0 aliphatic carbocycles. The maximum absolute atomic E-state index is 13.3. The molecule has 0 N–H and O–H groups in total. The monoisotopic (exact) mass is 401 g/mol. The third-order valence-corrected chi connectivity index (χ3v) is 5.51. The van der Waals surface area contributed by atoms with Crippen molar-refractivity contribution in [3.63, 3.8) is 0 Å². The average molecular weight is 402 g/mol. The van der Waals surface area contributed by atoms with Crippen molar-refractivity contribution in [3.05, 3.63) is 117 Å². The van der Waals surface area contributed by atoms with Crippen LogP contribution in [0.4, 0.5) is 0 Å². The summed E-state index contributed by atoms with van der Waals surface area (Å²) in [6.45, 7) is 0.368. The second-order valence-electron chi connectivity index (χ2n) is 7.04. The molecule has 4 aromatic rings. The highest BCUT2D eigenvalue weighted by Gasteiger charge is 2.42. The molecule has 4 nitrogen and oxygen atoms in total. The highest BCUT2D eigenvalue weighted by molar-refractivity contribution is 6.30. The number of carbonyl (C=O) groups excluding carboxylic acids is 1. The van der Waals surface area contributed by atoms with E-state index >= 15 is 0 Å². The van der Waals surface area contributed by atoms with Gasteiger partial charge in [-0.15, -0.1) is 0 Å². The fraction of sp³-hybridized carbons (Fsp3) is 0.0833. The van der Waals surface area contributed by atoms with Crippen LogP contribution in [0.2, 0.25) is 5.02 Å². The SMILES string of the molecule is O=C1c2oc3ccccc3c(=O)c2C(c2ccc(Cl)cc2)N1Cc1ccccc1. The molecular formula is C24H16ClNO3. The molecule has 2 heterocycles. The first-order valence-corrected chi connectivity index (χ1v) is 9.67. The standard InChI is InChI=1S/C24H16ClNO3/c25-17-12-10-16(11-13-17)21-20-22(27)18-8-4-5-9-19(18)29-23(20)24(28)26(21)14-15-6-2-1-3-7-15/h1-13,21H,14H2. The van der Waals surface area contributed by atoms with Gasteiger partial charge in [0.05, 0.1) is 17.0 Å². The van der Waals surface area contributed by atoms with Crippen molar-refractivity contribution in [2.24, 2.45) is 0 Å². The van der Waals surface area contributed by atoms with Crippen molar-refractivity contribution in [2.75, 3.05) is 0 Å². The van der Waals surface area contributed by atoms with Crippen LogP contribution in [0.25, 0.3) is 11.0 Å². The number of carbonyl (C=O) groups is 1. The van der Waals surface area contributed by atoms with Gasteiger partial charge in [0.15, 0.2) is 5.43 Å². The Morgan fingerprint density at radius 2 is 1.55 bits per heavy atom. The highest BCUT2D eigenvalue weighted by Crippen LogP contribution is 2.39. The van der Waals surface area contributed by atoms with Gasteiger partial charge in [0.2, 0.25) is 5.76 Å². The van der Waals surface area contributed by atoms with E-state index in [-0.39, 0.29) is 17.1 Å². The third-order valence-electron chi connectivity index (χ3n) is 5.25. The first-order valence-electron chi connectivity index (χ1n) is 9.29. The van der Waals surface area contributed by atoms with E-state index in [0.717, 1.165) is 11.1 Å². The number of amides is 1. The Morgan fingerprint density at radius 1 is 0.862 bits per heavy atom. The molecule has 0 spiro atoms. The Bertz CT molecular complexity index is 1280. The molecule has 142 valence electrons. The van der Waals surface area contributed by atoms with Crippen LogP contribution in [0.15, 0.2) is 88.1 Å². The fourth-order valence-electron chi connectivity index (χ4n) is 3.90. The van der Waals surface area contributed by atoms with Crippen LogP contribution in [0.1, 0.15) is 33.3 Å². The van der Waals surface area contributed by atoms with Crippen LogP contribution >= 0.6 is 11.6 Å². The van der Waals surface area contributed by atoms with Gasteiger partial charge in [0, 0.05) is 11.6 Å². The van der Waals surface area contributed by atoms with E-state index in [2.05, 4.69) is 0 Å². The number of fused-ring (bicyclic) bond motifs is 2. The molecule has 1 aromatic heterocycles. The molecular weight excluding hydrogens is 386 g/mol. The molecule has 5 heteroatoms. The molecule has 3 aromatic carbocycles. The lowest BCUT2D eigenvalue weighted by molar-refractivity contribution is 0.0714. The molecule has 0 saturated carbocycles. The summed E-state index contributed by atoms with van der Waals surface area (Å²) in [7, 11) is 0. The van der Waals surface area contributed by atoms with Gasteiger partial charge in [-0.3, -0.25) is 9.59 Å². The predicted octanol–water partition coefficient (Wildman–Crippen LogP) is 5.19. The van der Waals surface area contributed by atoms with Gasteiger partial charge in [-0.25, -0.2) is 0 Å². The zero-order valence-electron chi connectivity index (χ0n) is 15.3. The molecule has 1 unspecified atom stereocenters. The van der Waals surface area contributed by atoms with E-state index in [1.807, 2.05) is 42.5 Å². The molecule has 1 aliphatic heterocycles. The molecule has 29 heavy (non-hydrogen) atoms. The minimum absolute atomic E-state index is 0.115. The minimum Gasteiger partial charge on any atom is -0.450 e. The highest BCUT2D eigenvalue weighted by atomic mass is 35.5. The van der Waals surface area contributed by atoms with E-state index in [1.165, 1.54) is 0 Å². The van der Waals surface area contributed by atoms with Crippen LogP contribution in [0, 0.1) is 0 Å². The van der Waals surface area contributed by atoms with Crippen LogP contribution < -0.4 is 5.43 Å². The minimum atomic E-state index is -0.532. The van der Waals surface area contributed by atoms with E-state index in [9.17, 15) is 9.59 Å². The summed E-state index contributed by atoms with van der Waals surface area (Å²) >= 11 is 6.06. The van der Waals surface area contributed by atoms with E-state index < -0.39 is 6.04 Å². The normalized spacial score (nSPS) is 15.7. The Hall–Kier alpha value is -3.37. The Morgan fingerprint density at radius 3 is 2.31 bits per heavy atom. The summed E-state index contributed by atoms with van der Waals surface area (Å²) in [5.74, 6) is -0.170. The van der Waals surface area contributed by atoms with Gasteiger partial charge >= 0.3 is 0 Å². The smallest absolute Gasteiger partial charge is 0.291 e. The zero-order chi connectivity index (χ0) is 20.0. The number of nitrogens with zero attached hydrogens (tertiary/aromatic N) is 1. The zero-order valence-corrected chi connectivity index (χ0v) is 16.1. The largest absolute Gasteiger partial charge is 0.450 e. The lowest BCUT2D eigenvalue weighted by Crippen LogP contribution is -2.29. The van der Waals surface area contributed by atoms with Crippen molar-refractivity contribution in [2.45, 2.75) is 12.6 Å². The summed E-state index contributed by atoms with van der Waals surface area (Å²) in [5.41, 5.74) is 2.42. The van der Waals surface area contributed by atoms with E-state index in [4.69, 9.17) is 16.0 Å². The van der Waals surface area contributed by atoms with Gasteiger partial charge in [-0.1, -0.05) is 66.2 Å². The third kappa shape index (κ3) is 2.93. The topological polar surface area (TPSA) is 50.5 Å². The molecule has 0 radical (unpaired) electrons. The molecule has 0 saturated heterocycles. The lowest BCUT2D eigenvalue weighted by Gasteiger charge is -2.25. The van der Waals surface area contributed by atoms with Gasteiger partial charge < -0.3 is 9.32 Å². The number of halogens is 1. The maximum Gasteiger partial charge on any atom is 0.291 e. The van der Waals surface area contributed by atoms with Gasteiger partial charge in [0.25, 0.3) is 5.91 Å². The summed E-state index contributed by atoms with van der Waals surface area (Å²) in [6.07, 6.45) is 0. The van der Waals surface area contributed by atoms with Crippen molar-refractivity contribution < 1.29 is 9.21 Å². The Labute approximate surface area is 172 Å². The molecule has 1 amide bonds. The molecule has 0 bridgehead atoms. The quantitative estimate of drug-likeness (QED) is 0.474. The molecule has 5 rings (SSSR count). The summed E-state index contributed by atoms with van der Waals surface area (Å²) in [4.78, 5) is 28.4. The van der Waals surface area contributed by atoms with Crippen molar-refractivity contribution in [3.8, 4) is 0 Å². The summed E-state index contributed by atoms with van der Waals surface area (Å²) in [6, 6.07) is 23.4. The molecule has 1 aliphatic rings. The van der Waals surface area contributed by atoms with Gasteiger partial charge in [-0.2, -0.15) is 0 Å². The second-order valence-corrected chi connectivity index (χ2v) is 7.48. The predicted molar refractivity (Wildman–Crippen MR) is 112 cm³/mol.